The van der Waals surface area contributed by atoms with Gasteiger partial charge in [-0.2, -0.15) is 0 Å². The summed E-state index contributed by atoms with van der Waals surface area (Å²) in [5, 5.41) is 4.70. The summed E-state index contributed by atoms with van der Waals surface area (Å²) in [6.45, 7) is 4.40. The maximum absolute atomic E-state index is 4.70. The van der Waals surface area contributed by atoms with E-state index in [0.717, 1.165) is 0 Å². The molecule has 3 rings (SSSR count). The van der Waals surface area contributed by atoms with E-state index in [9.17, 15) is 0 Å². The monoisotopic (exact) mass is 184 g/mol. The van der Waals surface area contributed by atoms with Crippen LogP contribution in [0.1, 0.15) is 36.0 Å². The fraction of sp³-hybridized carbons (Fsp3) is 0.385. The zero-order valence-corrected chi connectivity index (χ0v) is 8.72. The van der Waals surface area contributed by atoms with Gasteiger partial charge in [0.25, 0.3) is 0 Å². The van der Waals surface area contributed by atoms with E-state index < -0.39 is 0 Å². The lowest BCUT2D eigenvalue weighted by atomic mass is 9.96. The number of rotatable bonds is 0. The fourth-order valence-corrected chi connectivity index (χ4v) is 2.54. The smallest absolute Gasteiger partial charge is 0.0711 e. The lowest BCUT2D eigenvalue weighted by molar-refractivity contribution is 0.858. The standard InChI is InChI=1S/C13H14N/c1-8-6-7-12-13(9(8)2)10-4-3-5-11(10)14-12/h6-7H,3-5H2,1-2H3. The van der Waals surface area contributed by atoms with Gasteiger partial charge in [0.2, 0.25) is 0 Å². The highest BCUT2D eigenvalue weighted by molar-refractivity contribution is 5.85. The van der Waals surface area contributed by atoms with Crippen LogP contribution in [0.4, 0.5) is 5.69 Å². The summed E-state index contributed by atoms with van der Waals surface area (Å²) in [6, 6.07) is 4.34. The molecule has 1 aliphatic heterocycles. The van der Waals surface area contributed by atoms with E-state index in [1.165, 1.54) is 52.9 Å². The van der Waals surface area contributed by atoms with Crippen LogP contribution in [-0.2, 0) is 0 Å². The second-order valence-corrected chi connectivity index (χ2v) is 4.29. The minimum Gasteiger partial charge on any atom is -0.253 e. The van der Waals surface area contributed by atoms with Crippen molar-refractivity contribution in [2.75, 3.05) is 0 Å². The summed E-state index contributed by atoms with van der Waals surface area (Å²) in [5.74, 6) is 0. The number of aryl methyl sites for hydroxylation is 1. The Morgan fingerprint density at radius 2 is 2.00 bits per heavy atom. The molecule has 1 aromatic carbocycles. The summed E-state index contributed by atoms with van der Waals surface area (Å²) < 4.78 is 0. The number of hydrogen-bond donors (Lipinski definition) is 0. The van der Waals surface area contributed by atoms with E-state index in [0.29, 0.717) is 0 Å². The van der Waals surface area contributed by atoms with Crippen molar-refractivity contribution in [1.29, 1.82) is 0 Å². The van der Waals surface area contributed by atoms with Crippen molar-refractivity contribution in [3.05, 3.63) is 34.5 Å². The van der Waals surface area contributed by atoms with Crippen LogP contribution in [0.2, 0.25) is 0 Å². The highest BCUT2D eigenvalue weighted by Crippen LogP contribution is 2.45. The number of benzene rings is 1. The minimum absolute atomic E-state index is 1.18. The van der Waals surface area contributed by atoms with E-state index in [4.69, 9.17) is 5.32 Å². The predicted octanol–water partition coefficient (Wildman–Crippen LogP) is 3.45. The average molecular weight is 184 g/mol. The van der Waals surface area contributed by atoms with Crippen LogP contribution >= 0.6 is 0 Å². The molecular weight excluding hydrogens is 170 g/mol. The highest BCUT2D eigenvalue weighted by atomic mass is 14.9. The molecule has 0 saturated carbocycles. The normalized spacial score (nSPS) is 18.1. The van der Waals surface area contributed by atoms with Crippen molar-refractivity contribution in [1.82, 2.24) is 5.32 Å². The maximum atomic E-state index is 4.70. The lowest BCUT2D eigenvalue weighted by Gasteiger charge is -2.09. The van der Waals surface area contributed by atoms with Gasteiger partial charge in [-0.25, -0.2) is 0 Å². The molecular formula is C13H14N. The summed E-state index contributed by atoms with van der Waals surface area (Å²) in [5.41, 5.74) is 8.35. The van der Waals surface area contributed by atoms with Gasteiger partial charge in [-0.15, -0.1) is 0 Å². The van der Waals surface area contributed by atoms with Crippen molar-refractivity contribution in [2.45, 2.75) is 33.1 Å². The lowest BCUT2D eigenvalue weighted by Crippen LogP contribution is -1.93. The first-order chi connectivity index (χ1) is 6.77. The molecule has 0 aromatic heterocycles. The second kappa shape index (κ2) is 2.63. The summed E-state index contributed by atoms with van der Waals surface area (Å²) in [4.78, 5) is 0. The topological polar surface area (TPSA) is 14.1 Å². The van der Waals surface area contributed by atoms with Crippen molar-refractivity contribution in [2.24, 2.45) is 0 Å². The largest absolute Gasteiger partial charge is 0.253 e. The Bertz CT molecular complexity index is 441. The Morgan fingerprint density at radius 1 is 1.14 bits per heavy atom. The molecule has 71 valence electrons. The molecule has 1 heterocycles. The number of nitrogens with zero attached hydrogens (tertiary/aromatic N) is 1. The number of fused-ring (bicyclic) bond motifs is 2. The van der Waals surface area contributed by atoms with Gasteiger partial charge in [0, 0.05) is 11.3 Å². The van der Waals surface area contributed by atoms with Crippen molar-refractivity contribution < 1.29 is 0 Å². The first-order valence-corrected chi connectivity index (χ1v) is 5.32. The molecule has 0 spiro atoms. The van der Waals surface area contributed by atoms with Crippen LogP contribution in [0.3, 0.4) is 0 Å². The Balaban J connectivity index is 2.24. The molecule has 0 unspecified atom stereocenters. The van der Waals surface area contributed by atoms with E-state index in [1.807, 2.05) is 0 Å². The molecule has 0 amide bonds. The van der Waals surface area contributed by atoms with Gasteiger partial charge in [-0.05, 0) is 55.9 Å². The van der Waals surface area contributed by atoms with Crippen LogP contribution in [0.15, 0.2) is 17.8 Å². The van der Waals surface area contributed by atoms with E-state index in [2.05, 4.69) is 26.0 Å². The molecule has 1 aliphatic carbocycles. The van der Waals surface area contributed by atoms with E-state index in [-0.39, 0.29) is 0 Å². The molecule has 0 fully saturated rings. The van der Waals surface area contributed by atoms with Gasteiger partial charge in [0.15, 0.2) is 0 Å². The van der Waals surface area contributed by atoms with Gasteiger partial charge in [0.1, 0.15) is 0 Å². The van der Waals surface area contributed by atoms with Gasteiger partial charge in [0.05, 0.1) is 5.69 Å². The van der Waals surface area contributed by atoms with Crippen LogP contribution in [0.25, 0.3) is 5.57 Å². The summed E-state index contributed by atoms with van der Waals surface area (Å²) >= 11 is 0. The third-order valence-corrected chi connectivity index (χ3v) is 3.46. The maximum Gasteiger partial charge on any atom is 0.0711 e. The SMILES string of the molecule is Cc1ccc2c(c1C)C1=C(CCC1)[N]2. The van der Waals surface area contributed by atoms with Gasteiger partial charge in [-0.1, -0.05) is 6.07 Å². The van der Waals surface area contributed by atoms with Crippen LogP contribution < -0.4 is 5.32 Å². The molecule has 0 bridgehead atoms. The molecule has 0 atom stereocenters. The molecule has 0 saturated heterocycles. The summed E-state index contributed by atoms with van der Waals surface area (Å²) in [7, 11) is 0. The van der Waals surface area contributed by atoms with Gasteiger partial charge >= 0.3 is 0 Å². The fourth-order valence-electron chi connectivity index (χ4n) is 2.54. The average Bonchev–Trinajstić information content (AvgIpc) is 2.70. The number of allylic oxidation sites excluding steroid dienone is 2. The third-order valence-electron chi connectivity index (χ3n) is 3.46. The molecule has 1 radical (unpaired) electrons. The zero-order chi connectivity index (χ0) is 9.71. The molecule has 14 heavy (non-hydrogen) atoms. The second-order valence-electron chi connectivity index (χ2n) is 4.29. The van der Waals surface area contributed by atoms with Crippen molar-refractivity contribution in [3.8, 4) is 0 Å². The Hall–Kier alpha value is -1.24. The molecule has 2 aliphatic rings. The number of hydrogen-bond acceptors (Lipinski definition) is 0. The van der Waals surface area contributed by atoms with Crippen LogP contribution in [0, 0.1) is 13.8 Å². The van der Waals surface area contributed by atoms with E-state index >= 15 is 0 Å². The minimum atomic E-state index is 1.18. The van der Waals surface area contributed by atoms with Crippen LogP contribution in [0.5, 0.6) is 0 Å². The first-order valence-electron chi connectivity index (χ1n) is 5.32. The molecule has 1 aromatic rings. The van der Waals surface area contributed by atoms with E-state index in [1.54, 1.807) is 0 Å². The Labute approximate surface area is 84.8 Å². The third kappa shape index (κ3) is 0.899. The molecule has 1 heteroatoms. The van der Waals surface area contributed by atoms with Crippen LogP contribution in [-0.4, -0.2) is 0 Å². The Morgan fingerprint density at radius 3 is 2.86 bits per heavy atom. The molecule has 0 N–H and O–H groups in total. The zero-order valence-electron chi connectivity index (χ0n) is 8.72. The Kier molecular flexibility index (Phi) is 1.52. The highest BCUT2D eigenvalue weighted by Gasteiger charge is 2.27. The first kappa shape index (κ1) is 8.10. The van der Waals surface area contributed by atoms with Crippen molar-refractivity contribution >= 4 is 11.3 Å². The van der Waals surface area contributed by atoms with Gasteiger partial charge in [-0.3, -0.25) is 5.32 Å². The predicted molar refractivity (Wildman–Crippen MR) is 58.5 cm³/mol. The van der Waals surface area contributed by atoms with Gasteiger partial charge < -0.3 is 0 Å². The summed E-state index contributed by atoms with van der Waals surface area (Å²) in [6.07, 6.45) is 3.71. The quantitative estimate of drug-likeness (QED) is 0.586. The van der Waals surface area contributed by atoms with Crippen molar-refractivity contribution in [3.63, 3.8) is 0 Å². The molecule has 1 nitrogen and oxygen atoms in total.